The fraction of sp³-hybridized carbons (Fsp3) is 0.600. The van der Waals surface area contributed by atoms with Gasteiger partial charge in [-0.2, -0.15) is 8.42 Å². The average molecular weight is 218 g/mol. The van der Waals surface area contributed by atoms with Crippen molar-refractivity contribution in [3.05, 3.63) is 0 Å². The first-order chi connectivity index (χ1) is 5.34. The van der Waals surface area contributed by atoms with Crippen molar-refractivity contribution in [1.82, 2.24) is 0 Å². The van der Waals surface area contributed by atoms with E-state index in [0.717, 1.165) is 0 Å². The Morgan fingerprint density at radius 3 is 1.92 bits per heavy atom. The Kier molecular flexibility index (Phi) is 4.07. The number of cyclic esters (lactones) is 2. The van der Waals surface area contributed by atoms with Gasteiger partial charge in [-0.3, -0.25) is 14.1 Å². The van der Waals surface area contributed by atoms with Crippen molar-refractivity contribution in [1.29, 1.82) is 0 Å². The summed E-state index contributed by atoms with van der Waals surface area (Å²) in [7, 11) is -4.53. The van der Waals surface area contributed by atoms with Crippen LogP contribution in [0, 0.1) is 5.92 Å². The summed E-state index contributed by atoms with van der Waals surface area (Å²) in [6, 6.07) is 0. The SMILES string of the molecule is CC1C(=O)OC(=O)C1S(=O)(=O)O.[NaH]. The van der Waals surface area contributed by atoms with E-state index in [-0.39, 0.29) is 29.6 Å². The Morgan fingerprint density at radius 2 is 1.77 bits per heavy atom. The molecule has 0 aromatic rings. The summed E-state index contributed by atoms with van der Waals surface area (Å²) >= 11 is 0. The van der Waals surface area contributed by atoms with Crippen LogP contribution in [0.1, 0.15) is 6.92 Å². The van der Waals surface area contributed by atoms with Gasteiger partial charge in [-0.05, 0) is 6.92 Å². The molecule has 1 heterocycles. The molecule has 2 unspecified atom stereocenters. The quantitative estimate of drug-likeness (QED) is 0.244. The molecule has 70 valence electrons. The van der Waals surface area contributed by atoms with Crippen molar-refractivity contribution < 1.29 is 27.3 Å². The topological polar surface area (TPSA) is 97.7 Å². The monoisotopic (exact) mass is 218 g/mol. The summed E-state index contributed by atoms with van der Waals surface area (Å²) in [6.45, 7) is 1.20. The molecule has 0 aliphatic carbocycles. The fourth-order valence-electron chi connectivity index (χ4n) is 0.957. The maximum atomic E-state index is 10.7. The number of carbonyl (C=O) groups excluding carboxylic acids is 2. The van der Waals surface area contributed by atoms with E-state index in [1.54, 1.807) is 0 Å². The maximum absolute atomic E-state index is 10.7. The molecule has 1 rings (SSSR count). The summed E-state index contributed by atoms with van der Waals surface area (Å²) in [4.78, 5) is 21.3. The zero-order valence-corrected chi connectivity index (χ0v) is 6.87. The van der Waals surface area contributed by atoms with Crippen LogP contribution in [0.15, 0.2) is 0 Å². The standard InChI is InChI=1S/C5H6O6S.Na.H/c1-2-3(12(8,9)10)5(7)11-4(2)6;;/h2-3H,1H3,(H,8,9,10);;. The van der Waals surface area contributed by atoms with Gasteiger partial charge in [0.2, 0.25) is 0 Å². The van der Waals surface area contributed by atoms with E-state index < -0.39 is 33.2 Å². The predicted octanol–water partition coefficient (Wildman–Crippen LogP) is -1.69. The van der Waals surface area contributed by atoms with Crippen LogP contribution in [0.3, 0.4) is 0 Å². The molecule has 6 nitrogen and oxygen atoms in total. The molecule has 0 aromatic heterocycles. The summed E-state index contributed by atoms with van der Waals surface area (Å²) < 4.78 is 33.5. The van der Waals surface area contributed by atoms with Gasteiger partial charge in [0, 0.05) is 0 Å². The minimum absolute atomic E-state index is 0. The van der Waals surface area contributed by atoms with E-state index in [4.69, 9.17) is 4.55 Å². The Morgan fingerprint density at radius 1 is 1.31 bits per heavy atom. The first-order valence-corrected chi connectivity index (χ1v) is 4.56. The van der Waals surface area contributed by atoms with Crippen molar-refractivity contribution >= 4 is 51.6 Å². The minimum atomic E-state index is -4.53. The molecule has 1 aliphatic rings. The molecule has 1 fully saturated rings. The van der Waals surface area contributed by atoms with E-state index in [2.05, 4.69) is 4.74 Å². The molecule has 0 radical (unpaired) electrons. The van der Waals surface area contributed by atoms with Crippen molar-refractivity contribution in [2.45, 2.75) is 12.2 Å². The molecule has 1 N–H and O–H groups in total. The normalized spacial score (nSPS) is 28.2. The Hall–Kier alpha value is 0.0500. The number of ether oxygens (including phenoxy) is 1. The molecule has 0 spiro atoms. The third kappa shape index (κ3) is 2.50. The first-order valence-electron chi connectivity index (χ1n) is 3.06. The van der Waals surface area contributed by atoms with Crippen LogP contribution in [0.5, 0.6) is 0 Å². The van der Waals surface area contributed by atoms with E-state index in [9.17, 15) is 18.0 Å². The first kappa shape index (κ1) is 13.1. The molecular formula is C5H7NaO6S. The Bertz CT molecular complexity index is 333. The number of carbonyl (C=O) groups is 2. The molecule has 8 heteroatoms. The number of hydrogen-bond donors (Lipinski definition) is 1. The van der Waals surface area contributed by atoms with Gasteiger partial charge < -0.3 is 4.74 Å². The number of esters is 2. The van der Waals surface area contributed by atoms with Gasteiger partial charge in [-0.25, -0.2) is 0 Å². The van der Waals surface area contributed by atoms with Crippen LogP contribution in [0.2, 0.25) is 0 Å². The van der Waals surface area contributed by atoms with Crippen molar-refractivity contribution in [2.75, 3.05) is 0 Å². The van der Waals surface area contributed by atoms with Crippen molar-refractivity contribution in [3.63, 3.8) is 0 Å². The molecule has 0 bridgehead atoms. The Balaban J connectivity index is 0.00000144. The van der Waals surface area contributed by atoms with Gasteiger partial charge in [0.05, 0.1) is 5.92 Å². The van der Waals surface area contributed by atoms with E-state index in [1.807, 2.05) is 0 Å². The third-order valence-corrected chi connectivity index (χ3v) is 2.82. The van der Waals surface area contributed by atoms with Crippen LogP contribution >= 0.6 is 0 Å². The van der Waals surface area contributed by atoms with Gasteiger partial charge in [0.25, 0.3) is 10.1 Å². The van der Waals surface area contributed by atoms with Gasteiger partial charge in [-0.1, -0.05) is 0 Å². The zero-order chi connectivity index (χ0) is 9.52. The van der Waals surface area contributed by atoms with E-state index >= 15 is 0 Å². The van der Waals surface area contributed by atoms with Gasteiger partial charge in [0.1, 0.15) is 0 Å². The second-order valence-electron chi connectivity index (χ2n) is 2.46. The van der Waals surface area contributed by atoms with Crippen molar-refractivity contribution in [2.24, 2.45) is 5.92 Å². The summed E-state index contributed by atoms with van der Waals surface area (Å²) in [6.07, 6.45) is 0. The van der Waals surface area contributed by atoms with Crippen LogP contribution in [0.4, 0.5) is 0 Å². The predicted molar refractivity (Wildman–Crippen MR) is 42.7 cm³/mol. The second-order valence-corrected chi connectivity index (χ2v) is 4.00. The molecule has 0 amide bonds. The molecule has 13 heavy (non-hydrogen) atoms. The molecule has 0 aromatic carbocycles. The number of hydrogen-bond acceptors (Lipinski definition) is 5. The third-order valence-electron chi connectivity index (χ3n) is 1.58. The van der Waals surface area contributed by atoms with Crippen LogP contribution in [-0.4, -0.2) is 59.7 Å². The Labute approximate surface area is 96.7 Å². The summed E-state index contributed by atoms with van der Waals surface area (Å²) in [5.41, 5.74) is 0. The molecule has 1 saturated heterocycles. The number of rotatable bonds is 1. The molecular weight excluding hydrogens is 211 g/mol. The fourth-order valence-corrected chi connectivity index (χ4v) is 1.88. The average Bonchev–Trinajstić information content (AvgIpc) is 2.05. The molecule has 0 saturated carbocycles. The van der Waals surface area contributed by atoms with Crippen LogP contribution in [0.25, 0.3) is 0 Å². The molecule has 2 atom stereocenters. The van der Waals surface area contributed by atoms with Gasteiger partial charge in [0.15, 0.2) is 5.25 Å². The van der Waals surface area contributed by atoms with Crippen LogP contribution < -0.4 is 0 Å². The zero-order valence-electron chi connectivity index (χ0n) is 6.05. The summed E-state index contributed by atoms with van der Waals surface area (Å²) in [5.74, 6) is -3.27. The summed E-state index contributed by atoms with van der Waals surface area (Å²) in [5, 5.41) is -1.76. The van der Waals surface area contributed by atoms with E-state index in [0.29, 0.717) is 0 Å². The molecule has 1 aliphatic heterocycles. The van der Waals surface area contributed by atoms with Gasteiger partial charge in [-0.15, -0.1) is 0 Å². The van der Waals surface area contributed by atoms with Crippen molar-refractivity contribution in [3.8, 4) is 0 Å². The van der Waals surface area contributed by atoms with E-state index in [1.165, 1.54) is 6.92 Å². The van der Waals surface area contributed by atoms with Crippen LogP contribution in [-0.2, 0) is 24.4 Å². The second kappa shape index (κ2) is 4.05. The van der Waals surface area contributed by atoms with Gasteiger partial charge >= 0.3 is 41.5 Å².